The number of carbonyl (C=O) groups excluding carboxylic acids is 1. The molecule has 7 heteroatoms. The van der Waals surface area contributed by atoms with E-state index in [-0.39, 0.29) is 12.5 Å². The molecule has 0 atom stereocenters. The number of aliphatic carboxylic acids is 1. The number of aryl methyl sites for hydroxylation is 2. The summed E-state index contributed by atoms with van der Waals surface area (Å²) in [5.41, 5.74) is 0.293. The van der Waals surface area contributed by atoms with Crippen LogP contribution in [0.2, 0.25) is 0 Å². The first kappa shape index (κ1) is 15.5. The number of nitrogens with zero attached hydrogens (tertiary/aromatic N) is 2. The summed E-state index contributed by atoms with van der Waals surface area (Å²) >= 11 is 0. The first-order valence-electron chi connectivity index (χ1n) is 7.10. The van der Waals surface area contributed by atoms with Crippen LogP contribution in [-0.2, 0) is 23.0 Å². The van der Waals surface area contributed by atoms with Gasteiger partial charge in [0.15, 0.2) is 0 Å². The summed E-state index contributed by atoms with van der Waals surface area (Å²) in [5.74, 6) is -1.15. The second-order valence-electron chi connectivity index (χ2n) is 5.40. The van der Waals surface area contributed by atoms with Crippen LogP contribution in [0.4, 0.5) is 0 Å². The molecule has 0 unspecified atom stereocenters. The van der Waals surface area contributed by atoms with Crippen molar-refractivity contribution in [2.45, 2.75) is 26.2 Å². The normalized spacial score (nSPS) is 17.4. The highest BCUT2D eigenvalue weighted by Gasteiger charge is 2.40. The SMILES string of the molecule is CCc1nn(C)cc1C(=O)NCC1(C(=O)O)CCOCC1. The van der Waals surface area contributed by atoms with Crippen molar-refractivity contribution in [1.29, 1.82) is 0 Å². The minimum Gasteiger partial charge on any atom is -0.481 e. The average molecular weight is 295 g/mol. The number of carboxylic acid groups (broad SMARTS) is 1. The van der Waals surface area contributed by atoms with E-state index in [1.54, 1.807) is 17.9 Å². The summed E-state index contributed by atoms with van der Waals surface area (Å²) in [7, 11) is 1.76. The lowest BCUT2D eigenvalue weighted by molar-refractivity contribution is -0.154. The van der Waals surface area contributed by atoms with Crippen molar-refractivity contribution in [2.75, 3.05) is 19.8 Å². The van der Waals surface area contributed by atoms with Crippen molar-refractivity contribution >= 4 is 11.9 Å². The van der Waals surface area contributed by atoms with E-state index in [9.17, 15) is 14.7 Å². The molecule has 1 aliphatic rings. The summed E-state index contributed by atoms with van der Waals surface area (Å²) in [6.07, 6.45) is 3.14. The topological polar surface area (TPSA) is 93.5 Å². The van der Waals surface area contributed by atoms with Gasteiger partial charge < -0.3 is 15.2 Å². The number of nitrogens with one attached hydrogen (secondary N) is 1. The lowest BCUT2D eigenvalue weighted by atomic mass is 9.80. The predicted molar refractivity (Wildman–Crippen MR) is 75.0 cm³/mol. The Kier molecular flexibility index (Phi) is 4.62. The maximum atomic E-state index is 12.3. The van der Waals surface area contributed by atoms with Gasteiger partial charge in [0.05, 0.1) is 16.7 Å². The second-order valence-corrected chi connectivity index (χ2v) is 5.40. The molecule has 2 N–H and O–H groups in total. The van der Waals surface area contributed by atoms with Crippen LogP contribution in [0, 0.1) is 5.41 Å². The van der Waals surface area contributed by atoms with Crippen LogP contribution in [-0.4, -0.2) is 46.5 Å². The molecule has 0 aromatic carbocycles. The number of aromatic nitrogens is 2. The van der Waals surface area contributed by atoms with Gasteiger partial charge in [0.2, 0.25) is 0 Å². The highest BCUT2D eigenvalue weighted by molar-refractivity contribution is 5.95. The van der Waals surface area contributed by atoms with Crippen molar-refractivity contribution in [3.63, 3.8) is 0 Å². The summed E-state index contributed by atoms with van der Waals surface area (Å²) in [6.45, 7) is 2.86. The third kappa shape index (κ3) is 3.24. The first-order valence-corrected chi connectivity index (χ1v) is 7.10. The Morgan fingerprint density at radius 1 is 1.48 bits per heavy atom. The molecule has 1 aromatic rings. The van der Waals surface area contributed by atoms with Crippen LogP contribution in [0.25, 0.3) is 0 Å². The van der Waals surface area contributed by atoms with Gasteiger partial charge in [-0.2, -0.15) is 5.10 Å². The zero-order valence-electron chi connectivity index (χ0n) is 12.4. The molecule has 116 valence electrons. The fourth-order valence-corrected chi connectivity index (χ4v) is 2.56. The molecule has 7 nitrogen and oxygen atoms in total. The smallest absolute Gasteiger partial charge is 0.311 e. The number of ether oxygens (including phenoxy) is 1. The van der Waals surface area contributed by atoms with Gasteiger partial charge >= 0.3 is 5.97 Å². The maximum absolute atomic E-state index is 12.3. The maximum Gasteiger partial charge on any atom is 0.311 e. The zero-order chi connectivity index (χ0) is 15.5. The Morgan fingerprint density at radius 3 is 2.71 bits per heavy atom. The number of hydrogen-bond acceptors (Lipinski definition) is 4. The third-order valence-corrected chi connectivity index (χ3v) is 3.98. The molecular formula is C14H21N3O4. The van der Waals surface area contributed by atoms with Crippen molar-refractivity contribution in [1.82, 2.24) is 15.1 Å². The standard InChI is InChI=1S/C14H21N3O4/c1-3-11-10(8-17(2)16-11)12(18)15-9-14(13(19)20)4-6-21-7-5-14/h8H,3-7,9H2,1-2H3,(H,15,18)(H,19,20). The second kappa shape index (κ2) is 6.26. The van der Waals surface area contributed by atoms with E-state index in [0.717, 1.165) is 0 Å². The van der Waals surface area contributed by atoms with E-state index >= 15 is 0 Å². The van der Waals surface area contributed by atoms with E-state index in [1.165, 1.54) is 0 Å². The third-order valence-electron chi connectivity index (χ3n) is 3.98. The van der Waals surface area contributed by atoms with Gasteiger partial charge in [0.1, 0.15) is 0 Å². The molecule has 1 saturated heterocycles. The van der Waals surface area contributed by atoms with Crippen LogP contribution in [0.1, 0.15) is 35.8 Å². The molecule has 0 spiro atoms. The van der Waals surface area contributed by atoms with Crippen molar-refractivity contribution in [3.05, 3.63) is 17.5 Å². The van der Waals surface area contributed by atoms with Crippen LogP contribution in [0.5, 0.6) is 0 Å². The molecule has 1 aliphatic heterocycles. The summed E-state index contributed by atoms with van der Waals surface area (Å²) in [4.78, 5) is 23.8. The lowest BCUT2D eigenvalue weighted by Gasteiger charge is -2.33. The quantitative estimate of drug-likeness (QED) is 0.829. The Balaban J connectivity index is 2.06. The van der Waals surface area contributed by atoms with Gasteiger partial charge in [-0.15, -0.1) is 0 Å². The molecule has 2 rings (SSSR count). The fraction of sp³-hybridized carbons (Fsp3) is 0.643. The molecule has 1 fully saturated rings. The summed E-state index contributed by atoms with van der Waals surface area (Å²) in [6, 6.07) is 0. The number of amides is 1. The number of hydrogen-bond donors (Lipinski definition) is 2. The van der Waals surface area contributed by atoms with E-state index < -0.39 is 11.4 Å². The average Bonchev–Trinajstić information content (AvgIpc) is 2.86. The Morgan fingerprint density at radius 2 is 2.14 bits per heavy atom. The summed E-state index contributed by atoms with van der Waals surface area (Å²) in [5, 5.41) is 16.4. The van der Waals surface area contributed by atoms with E-state index in [4.69, 9.17) is 4.74 Å². The van der Waals surface area contributed by atoms with E-state index in [1.807, 2.05) is 6.92 Å². The lowest BCUT2D eigenvalue weighted by Crippen LogP contribution is -2.46. The summed E-state index contributed by atoms with van der Waals surface area (Å²) < 4.78 is 6.81. The fourth-order valence-electron chi connectivity index (χ4n) is 2.56. The monoisotopic (exact) mass is 295 g/mol. The Bertz CT molecular complexity index is 532. The highest BCUT2D eigenvalue weighted by atomic mass is 16.5. The largest absolute Gasteiger partial charge is 0.481 e. The van der Waals surface area contributed by atoms with Gasteiger partial charge in [-0.25, -0.2) is 0 Å². The van der Waals surface area contributed by atoms with Gasteiger partial charge in [0, 0.05) is 33.0 Å². The minimum absolute atomic E-state index is 0.114. The van der Waals surface area contributed by atoms with Crippen molar-refractivity contribution in [3.8, 4) is 0 Å². The number of carboxylic acids is 1. The Labute approximate surface area is 123 Å². The predicted octanol–water partition coefficient (Wildman–Crippen LogP) is 0.594. The van der Waals surface area contributed by atoms with Crippen LogP contribution in [0.3, 0.4) is 0 Å². The molecule has 2 heterocycles. The first-order chi connectivity index (χ1) is 9.98. The van der Waals surface area contributed by atoms with Crippen molar-refractivity contribution < 1.29 is 19.4 Å². The molecule has 21 heavy (non-hydrogen) atoms. The number of rotatable bonds is 5. The van der Waals surface area contributed by atoms with Gasteiger partial charge in [-0.3, -0.25) is 14.3 Å². The van der Waals surface area contributed by atoms with Crippen LogP contribution >= 0.6 is 0 Å². The molecule has 1 aromatic heterocycles. The Hall–Kier alpha value is -1.89. The van der Waals surface area contributed by atoms with Crippen molar-refractivity contribution in [2.24, 2.45) is 12.5 Å². The molecule has 0 saturated carbocycles. The minimum atomic E-state index is -0.928. The molecule has 0 radical (unpaired) electrons. The number of carbonyl (C=O) groups is 2. The molecule has 0 aliphatic carbocycles. The van der Waals surface area contributed by atoms with Gasteiger partial charge in [-0.05, 0) is 19.3 Å². The van der Waals surface area contributed by atoms with Crippen LogP contribution < -0.4 is 5.32 Å². The molecule has 0 bridgehead atoms. The van der Waals surface area contributed by atoms with E-state index in [2.05, 4.69) is 10.4 Å². The molecule has 1 amide bonds. The molecular weight excluding hydrogens is 274 g/mol. The highest BCUT2D eigenvalue weighted by Crippen LogP contribution is 2.30. The zero-order valence-corrected chi connectivity index (χ0v) is 12.4. The van der Waals surface area contributed by atoms with Gasteiger partial charge in [0.25, 0.3) is 5.91 Å². The van der Waals surface area contributed by atoms with E-state index in [0.29, 0.717) is 43.7 Å². The van der Waals surface area contributed by atoms with Gasteiger partial charge in [-0.1, -0.05) is 6.92 Å². The van der Waals surface area contributed by atoms with Crippen LogP contribution in [0.15, 0.2) is 6.20 Å².